The van der Waals surface area contributed by atoms with Gasteiger partial charge in [0.15, 0.2) is 0 Å². The SMILES string of the molecule is C=CC(=O)Nc1cc(F)cc(Oc2nc(Nc3ccc(N4CCN(C)CC4)cc3OC)ncc2Cl)c1. The highest BCUT2D eigenvalue weighted by Crippen LogP contribution is 2.34. The molecule has 1 aromatic heterocycles. The Balaban J connectivity index is 1.53. The molecule has 0 saturated carbocycles. The largest absolute Gasteiger partial charge is 0.494 e. The van der Waals surface area contributed by atoms with Crippen molar-refractivity contribution in [2.45, 2.75) is 0 Å². The first-order valence-electron chi connectivity index (χ1n) is 11.2. The van der Waals surface area contributed by atoms with E-state index in [4.69, 9.17) is 21.1 Å². The molecule has 11 heteroatoms. The number of amides is 1. The third kappa shape index (κ3) is 6.21. The molecule has 9 nitrogen and oxygen atoms in total. The molecule has 4 rings (SSSR count). The van der Waals surface area contributed by atoms with Crippen LogP contribution in [0, 0.1) is 5.82 Å². The van der Waals surface area contributed by atoms with Crippen LogP contribution in [0.2, 0.25) is 5.02 Å². The number of piperazine rings is 1. The van der Waals surface area contributed by atoms with Gasteiger partial charge in [0.1, 0.15) is 22.3 Å². The molecule has 0 unspecified atom stereocenters. The standard InChI is InChI=1S/C25H26ClFN6O3/c1-4-23(34)29-17-11-16(27)12-19(13-17)36-24-20(26)15-28-25(31-24)30-21-6-5-18(14-22(21)35-3)33-9-7-32(2)8-10-33/h4-6,11-15H,1,7-10H2,2-3H3,(H,29,34)(H,28,30,31). The highest BCUT2D eigenvalue weighted by Gasteiger charge is 2.17. The molecule has 0 atom stereocenters. The lowest BCUT2D eigenvalue weighted by Gasteiger charge is -2.34. The zero-order valence-corrected chi connectivity index (χ0v) is 20.7. The van der Waals surface area contributed by atoms with E-state index in [1.165, 1.54) is 12.3 Å². The monoisotopic (exact) mass is 512 g/mol. The van der Waals surface area contributed by atoms with Gasteiger partial charge in [-0.2, -0.15) is 4.98 Å². The van der Waals surface area contributed by atoms with Crippen LogP contribution in [0.15, 0.2) is 55.3 Å². The number of benzene rings is 2. The topological polar surface area (TPSA) is 91.8 Å². The zero-order chi connectivity index (χ0) is 25.7. The average molecular weight is 513 g/mol. The molecule has 188 valence electrons. The molecule has 2 N–H and O–H groups in total. The minimum atomic E-state index is -0.611. The molecule has 0 radical (unpaired) electrons. The third-order valence-electron chi connectivity index (χ3n) is 5.55. The van der Waals surface area contributed by atoms with Crippen LogP contribution in [0.5, 0.6) is 17.4 Å². The van der Waals surface area contributed by atoms with Crippen molar-refractivity contribution < 1.29 is 18.7 Å². The first-order chi connectivity index (χ1) is 17.3. The van der Waals surface area contributed by atoms with Crippen molar-refractivity contribution in [3.05, 3.63) is 66.1 Å². The van der Waals surface area contributed by atoms with Crippen molar-refractivity contribution >= 4 is 40.5 Å². The van der Waals surface area contributed by atoms with Crippen LogP contribution in [-0.4, -0.2) is 61.1 Å². The molecule has 1 saturated heterocycles. The van der Waals surface area contributed by atoms with Crippen LogP contribution >= 0.6 is 11.6 Å². The summed E-state index contributed by atoms with van der Waals surface area (Å²) in [6.45, 7) is 7.25. The van der Waals surface area contributed by atoms with E-state index in [-0.39, 0.29) is 28.3 Å². The number of nitrogens with one attached hydrogen (secondary N) is 2. The van der Waals surface area contributed by atoms with Crippen molar-refractivity contribution in [1.82, 2.24) is 14.9 Å². The number of carbonyl (C=O) groups is 1. The second kappa shape index (κ2) is 11.2. The minimum Gasteiger partial charge on any atom is -0.494 e. The number of likely N-dealkylation sites (N-methyl/N-ethyl adjacent to an activating group) is 1. The van der Waals surface area contributed by atoms with Crippen LogP contribution < -0.4 is 25.0 Å². The Morgan fingerprint density at radius 2 is 1.97 bits per heavy atom. The van der Waals surface area contributed by atoms with Crippen molar-refractivity contribution in [3.8, 4) is 17.4 Å². The molecule has 2 aromatic carbocycles. The molecule has 1 fully saturated rings. The summed E-state index contributed by atoms with van der Waals surface area (Å²) in [7, 11) is 3.71. The quantitative estimate of drug-likeness (QED) is 0.420. The minimum absolute atomic E-state index is 0.00814. The lowest BCUT2D eigenvalue weighted by atomic mass is 10.2. The van der Waals surface area contributed by atoms with Crippen molar-refractivity contribution in [2.24, 2.45) is 0 Å². The zero-order valence-electron chi connectivity index (χ0n) is 19.9. The van der Waals surface area contributed by atoms with E-state index in [2.05, 4.69) is 44.0 Å². The second-order valence-electron chi connectivity index (χ2n) is 8.12. The van der Waals surface area contributed by atoms with Gasteiger partial charge in [0, 0.05) is 55.8 Å². The van der Waals surface area contributed by atoms with Crippen molar-refractivity contribution in [2.75, 3.05) is 55.9 Å². The predicted octanol–water partition coefficient (Wildman–Crippen LogP) is 4.69. The molecule has 0 aliphatic carbocycles. The van der Waals surface area contributed by atoms with Gasteiger partial charge in [0.25, 0.3) is 0 Å². The maximum atomic E-state index is 14.1. The normalized spacial score (nSPS) is 13.7. The average Bonchev–Trinajstić information content (AvgIpc) is 2.86. The first-order valence-corrected chi connectivity index (χ1v) is 11.6. The smallest absolute Gasteiger partial charge is 0.247 e. The van der Waals surface area contributed by atoms with E-state index < -0.39 is 11.7 Å². The molecule has 1 aliphatic heterocycles. The summed E-state index contributed by atoms with van der Waals surface area (Å²) in [5.41, 5.74) is 1.92. The van der Waals surface area contributed by atoms with Crippen LogP contribution in [0.1, 0.15) is 0 Å². The molecule has 0 spiro atoms. The molecular weight excluding hydrogens is 487 g/mol. The van der Waals surface area contributed by atoms with E-state index in [9.17, 15) is 9.18 Å². The van der Waals surface area contributed by atoms with E-state index in [1.54, 1.807) is 7.11 Å². The summed E-state index contributed by atoms with van der Waals surface area (Å²) < 4.78 is 25.4. The van der Waals surface area contributed by atoms with E-state index in [1.807, 2.05) is 18.2 Å². The number of methoxy groups -OCH3 is 1. The molecule has 1 amide bonds. The Morgan fingerprint density at radius 3 is 2.69 bits per heavy atom. The van der Waals surface area contributed by atoms with Gasteiger partial charge in [-0.25, -0.2) is 9.37 Å². The number of rotatable bonds is 8. The predicted molar refractivity (Wildman–Crippen MR) is 138 cm³/mol. The van der Waals surface area contributed by atoms with Gasteiger partial charge < -0.3 is 29.9 Å². The second-order valence-corrected chi connectivity index (χ2v) is 8.52. The Labute approximate surface area is 213 Å². The van der Waals surface area contributed by atoms with E-state index in [0.717, 1.165) is 50.1 Å². The maximum Gasteiger partial charge on any atom is 0.247 e. The van der Waals surface area contributed by atoms with E-state index in [0.29, 0.717) is 11.4 Å². The molecule has 1 aliphatic rings. The number of ether oxygens (including phenoxy) is 2. The number of halogens is 2. The molecule has 2 heterocycles. The highest BCUT2D eigenvalue weighted by molar-refractivity contribution is 6.31. The van der Waals surface area contributed by atoms with Crippen LogP contribution in [0.3, 0.4) is 0 Å². The summed E-state index contributed by atoms with van der Waals surface area (Å²) in [6.07, 6.45) is 2.45. The van der Waals surface area contributed by atoms with Crippen LogP contribution in [0.4, 0.5) is 27.4 Å². The highest BCUT2D eigenvalue weighted by atomic mass is 35.5. The van der Waals surface area contributed by atoms with Crippen molar-refractivity contribution in [3.63, 3.8) is 0 Å². The lowest BCUT2D eigenvalue weighted by molar-refractivity contribution is -0.111. The van der Waals surface area contributed by atoms with Gasteiger partial charge in [-0.15, -0.1) is 0 Å². The van der Waals surface area contributed by atoms with Gasteiger partial charge >= 0.3 is 0 Å². The Bertz CT molecular complexity index is 1270. The Morgan fingerprint density at radius 1 is 1.19 bits per heavy atom. The fourth-order valence-electron chi connectivity index (χ4n) is 3.65. The summed E-state index contributed by atoms with van der Waals surface area (Å²) in [5, 5.41) is 5.73. The fraction of sp³-hybridized carbons (Fsp3) is 0.240. The van der Waals surface area contributed by atoms with Gasteiger partial charge in [0.05, 0.1) is 19.0 Å². The molecule has 3 aromatic rings. The molecule has 36 heavy (non-hydrogen) atoms. The van der Waals surface area contributed by atoms with Gasteiger partial charge in [-0.3, -0.25) is 4.79 Å². The molecular formula is C25H26ClFN6O3. The summed E-state index contributed by atoms with van der Waals surface area (Å²) in [6, 6.07) is 9.61. The first kappa shape index (κ1) is 25.2. The summed E-state index contributed by atoms with van der Waals surface area (Å²) in [5.74, 6) is -0.160. The number of hydrogen-bond donors (Lipinski definition) is 2. The summed E-state index contributed by atoms with van der Waals surface area (Å²) >= 11 is 6.22. The van der Waals surface area contributed by atoms with Crippen molar-refractivity contribution in [1.29, 1.82) is 0 Å². The third-order valence-corrected chi connectivity index (χ3v) is 5.81. The van der Waals surface area contributed by atoms with E-state index >= 15 is 0 Å². The maximum absolute atomic E-state index is 14.1. The number of aromatic nitrogens is 2. The van der Waals surface area contributed by atoms with Crippen LogP contribution in [0.25, 0.3) is 0 Å². The summed E-state index contributed by atoms with van der Waals surface area (Å²) in [4.78, 5) is 24.7. The van der Waals surface area contributed by atoms with Gasteiger partial charge in [-0.1, -0.05) is 18.2 Å². The lowest BCUT2D eigenvalue weighted by Crippen LogP contribution is -2.44. The van der Waals surface area contributed by atoms with Gasteiger partial charge in [0.2, 0.25) is 17.7 Å². The fourth-order valence-corrected chi connectivity index (χ4v) is 3.78. The van der Waals surface area contributed by atoms with Gasteiger partial charge in [-0.05, 0) is 31.3 Å². The number of hydrogen-bond acceptors (Lipinski definition) is 8. The van der Waals surface area contributed by atoms with Crippen LogP contribution in [-0.2, 0) is 4.79 Å². The number of nitrogens with zero attached hydrogens (tertiary/aromatic N) is 4. The Kier molecular flexibility index (Phi) is 7.87. The number of anilines is 4. The number of carbonyl (C=O) groups excluding carboxylic acids is 1. The molecule has 0 bridgehead atoms. The Hall–Kier alpha value is -3.89.